The van der Waals surface area contributed by atoms with Crippen LogP contribution in [0.5, 0.6) is 0 Å². The molecule has 29 heavy (non-hydrogen) atoms. The molecule has 10 heteroatoms. The molecule has 0 amide bonds. The van der Waals surface area contributed by atoms with Crippen molar-refractivity contribution in [3.05, 3.63) is 52.8 Å². The lowest BCUT2D eigenvalue weighted by Crippen LogP contribution is -2.42. The highest BCUT2D eigenvalue weighted by molar-refractivity contribution is 7.98. The Kier molecular flexibility index (Phi) is 6.25. The van der Waals surface area contributed by atoms with Gasteiger partial charge in [0, 0.05) is 17.7 Å². The Morgan fingerprint density at radius 1 is 1.31 bits per heavy atom. The van der Waals surface area contributed by atoms with Gasteiger partial charge in [-0.05, 0) is 50.3 Å². The first-order chi connectivity index (χ1) is 13.5. The molecule has 1 aliphatic heterocycles. The van der Waals surface area contributed by atoms with Gasteiger partial charge >= 0.3 is 6.18 Å². The highest BCUT2D eigenvalue weighted by Crippen LogP contribution is 2.43. The van der Waals surface area contributed by atoms with Crippen LogP contribution >= 0.6 is 23.4 Å². The van der Waals surface area contributed by atoms with Gasteiger partial charge in [-0.25, -0.2) is 8.42 Å². The van der Waals surface area contributed by atoms with Gasteiger partial charge in [-0.15, -0.1) is 11.8 Å². The fraction of sp³-hybridized carbons (Fsp3) is 0.421. The second kappa shape index (κ2) is 8.09. The zero-order valence-electron chi connectivity index (χ0n) is 15.7. The first-order valence-corrected chi connectivity index (χ1v) is 11.8. The molecule has 1 fully saturated rings. The van der Waals surface area contributed by atoms with Crippen molar-refractivity contribution in [2.45, 2.75) is 46.6 Å². The average Bonchev–Trinajstić information content (AvgIpc) is 2.67. The largest absolute Gasteiger partial charge is 0.416 e. The summed E-state index contributed by atoms with van der Waals surface area (Å²) in [6, 6.07) is 5.56. The standard InChI is InChI=1S/C19H19ClF3NO3S2/c1-18(29(25,26)14-5-3-4-12(8-14)19(21,22)23)6-7-27-16(10-18)17-15(20)9-13(28-2)11-24-17/h3-5,8-9,11,16H,6-7,10H2,1-2H3. The number of aromatic nitrogens is 1. The number of sulfone groups is 1. The Morgan fingerprint density at radius 3 is 2.66 bits per heavy atom. The molecule has 0 aliphatic carbocycles. The zero-order chi connectivity index (χ0) is 21.4. The summed E-state index contributed by atoms with van der Waals surface area (Å²) in [5.41, 5.74) is -0.571. The van der Waals surface area contributed by atoms with Gasteiger partial charge in [0.1, 0.15) is 6.10 Å². The van der Waals surface area contributed by atoms with Crippen LogP contribution in [0.25, 0.3) is 0 Å². The molecular formula is C19H19ClF3NO3S2. The Labute approximate surface area is 176 Å². The maximum Gasteiger partial charge on any atom is 0.416 e. The molecular weight excluding hydrogens is 447 g/mol. The van der Waals surface area contributed by atoms with Crippen LogP contribution in [0.4, 0.5) is 13.2 Å². The van der Waals surface area contributed by atoms with E-state index in [4.69, 9.17) is 16.3 Å². The van der Waals surface area contributed by atoms with Crippen molar-refractivity contribution in [3.63, 3.8) is 0 Å². The minimum Gasteiger partial charge on any atom is -0.372 e. The van der Waals surface area contributed by atoms with Crippen molar-refractivity contribution in [1.82, 2.24) is 4.98 Å². The fourth-order valence-corrected chi connectivity index (χ4v) is 5.87. The Bertz CT molecular complexity index is 1010. The lowest BCUT2D eigenvalue weighted by Gasteiger charge is -2.37. The summed E-state index contributed by atoms with van der Waals surface area (Å²) in [5.74, 6) is 0. The molecule has 2 unspecified atom stereocenters. The SMILES string of the molecule is CSc1cnc(C2CC(C)(S(=O)(=O)c3cccc(C(F)(F)F)c3)CCO2)c(Cl)c1. The minimum absolute atomic E-state index is 0.0386. The predicted octanol–water partition coefficient (Wildman–Crippen LogP) is 5.56. The van der Waals surface area contributed by atoms with Crippen molar-refractivity contribution < 1.29 is 26.3 Å². The first-order valence-electron chi connectivity index (χ1n) is 8.71. The highest BCUT2D eigenvalue weighted by atomic mass is 35.5. The van der Waals surface area contributed by atoms with Gasteiger partial charge in [0.25, 0.3) is 0 Å². The molecule has 0 bridgehead atoms. The van der Waals surface area contributed by atoms with E-state index in [1.807, 2.05) is 6.26 Å². The normalized spacial score (nSPS) is 23.2. The molecule has 1 aromatic heterocycles. The summed E-state index contributed by atoms with van der Waals surface area (Å²) < 4.78 is 70.1. The number of halogens is 4. The van der Waals surface area contributed by atoms with E-state index >= 15 is 0 Å². The number of hydrogen-bond donors (Lipinski definition) is 0. The number of ether oxygens (including phenoxy) is 1. The third-order valence-corrected chi connectivity index (χ3v) is 8.61. The van der Waals surface area contributed by atoms with Crippen LogP contribution in [0.1, 0.15) is 37.1 Å². The van der Waals surface area contributed by atoms with E-state index in [0.29, 0.717) is 16.8 Å². The van der Waals surface area contributed by atoms with E-state index in [1.165, 1.54) is 24.8 Å². The van der Waals surface area contributed by atoms with E-state index in [-0.39, 0.29) is 24.3 Å². The second-order valence-electron chi connectivity index (χ2n) is 7.03. The topological polar surface area (TPSA) is 56.3 Å². The molecule has 0 radical (unpaired) electrons. The molecule has 1 aromatic carbocycles. The van der Waals surface area contributed by atoms with Crippen LogP contribution < -0.4 is 0 Å². The lowest BCUT2D eigenvalue weighted by molar-refractivity contribution is -0.137. The van der Waals surface area contributed by atoms with Crippen LogP contribution in [0.3, 0.4) is 0 Å². The monoisotopic (exact) mass is 465 g/mol. The van der Waals surface area contributed by atoms with Crippen molar-refractivity contribution in [2.24, 2.45) is 0 Å². The van der Waals surface area contributed by atoms with Gasteiger partial charge in [-0.2, -0.15) is 13.2 Å². The highest BCUT2D eigenvalue weighted by Gasteiger charge is 2.46. The summed E-state index contributed by atoms with van der Waals surface area (Å²) in [6.07, 6.45) is -1.59. The summed E-state index contributed by atoms with van der Waals surface area (Å²) in [6.45, 7) is 1.66. The molecule has 158 valence electrons. The van der Waals surface area contributed by atoms with E-state index in [9.17, 15) is 21.6 Å². The maximum atomic E-state index is 13.3. The summed E-state index contributed by atoms with van der Waals surface area (Å²) in [7, 11) is -4.07. The van der Waals surface area contributed by atoms with Crippen molar-refractivity contribution in [3.8, 4) is 0 Å². The van der Waals surface area contributed by atoms with E-state index < -0.39 is 32.4 Å². The van der Waals surface area contributed by atoms with E-state index in [2.05, 4.69) is 4.98 Å². The van der Waals surface area contributed by atoms with Crippen LogP contribution in [-0.4, -0.2) is 31.0 Å². The van der Waals surface area contributed by atoms with Crippen LogP contribution in [0, 0.1) is 0 Å². The smallest absolute Gasteiger partial charge is 0.372 e. The molecule has 1 aliphatic rings. The predicted molar refractivity (Wildman–Crippen MR) is 106 cm³/mol. The van der Waals surface area contributed by atoms with Gasteiger partial charge in [-0.3, -0.25) is 4.98 Å². The van der Waals surface area contributed by atoms with E-state index in [1.54, 1.807) is 12.3 Å². The third-order valence-electron chi connectivity index (χ3n) is 5.07. The number of alkyl halides is 3. The Hall–Kier alpha value is -1.29. The van der Waals surface area contributed by atoms with Crippen LogP contribution in [-0.2, 0) is 20.8 Å². The minimum atomic E-state index is -4.62. The third kappa shape index (κ3) is 4.42. The van der Waals surface area contributed by atoms with Crippen molar-refractivity contribution in [2.75, 3.05) is 12.9 Å². The number of benzene rings is 1. The molecule has 3 rings (SSSR count). The molecule has 0 saturated carbocycles. The van der Waals surface area contributed by atoms with Gasteiger partial charge in [0.15, 0.2) is 9.84 Å². The molecule has 0 spiro atoms. The number of thioether (sulfide) groups is 1. The first kappa shape index (κ1) is 22.4. The summed E-state index contributed by atoms with van der Waals surface area (Å²) in [4.78, 5) is 4.82. The zero-order valence-corrected chi connectivity index (χ0v) is 18.1. The van der Waals surface area contributed by atoms with Crippen LogP contribution in [0.15, 0.2) is 46.3 Å². The average molecular weight is 466 g/mol. The number of pyridine rings is 1. The summed E-state index contributed by atoms with van der Waals surface area (Å²) >= 11 is 7.77. The molecule has 2 atom stereocenters. The number of hydrogen-bond acceptors (Lipinski definition) is 5. The van der Waals surface area contributed by atoms with Crippen molar-refractivity contribution >= 4 is 33.2 Å². The van der Waals surface area contributed by atoms with Gasteiger partial charge in [-0.1, -0.05) is 17.7 Å². The molecule has 2 aromatic rings. The quantitative estimate of drug-likeness (QED) is 0.553. The molecule has 1 saturated heterocycles. The van der Waals surface area contributed by atoms with Gasteiger partial charge in [0.2, 0.25) is 0 Å². The van der Waals surface area contributed by atoms with Crippen LogP contribution in [0.2, 0.25) is 5.02 Å². The van der Waals surface area contributed by atoms with E-state index in [0.717, 1.165) is 17.0 Å². The lowest BCUT2D eigenvalue weighted by atomic mass is 9.94. The fourth-order valence-electron chi connectivity index (χ4n) is 3.29. The second-order valence-corrected chi connectivity index (χ2v) is 10.8. The Morgan fingerprint density at radius 2 is 2.03 bits per heavy atom. The number of rotatable bonds is 4. The summed E-state index contributed by atoms with van der Waals surface area (Å²) in [5, 5.41) is 0.363. The van der Waals surface area contributed by atoms with Crippen molar-refractivity contribution in [1.29, 1.82) is 0 Å². The Balaban J connectivity index is 1.95. The number of nitrogens with zero attached hydrogens (tertiary/aromatic N) is 1. The molecule has 0 N–H and O–H groups in total. The maximum absolute atomic E-state index is 13.3. The molecule has 4 nitrogen and oxygen atoms in total. The van der Waals surface area contributed by atoms with Gasteiger partial charge in [0.05, 0.1) is 25.9 Å². The molecule has 2 heterocycles. The van der Waals surface area contributed by atoms with Gasteiger partial charge < -0.3 is 4.74 Å².